The maximum Gasteiger partial charge on any atom is 0.306 e. The molecule has 2 heteroatoms. The largest absolute Gasteiger partial charge is 0.481 e. The summed E-state index contributed by atoms with van der Waals surface area (Å²) in [4.78, 5) is 10.6. The SMILES string of the molecule is CCC/C=C/CC(CC)C(=O)O. The predicted octanol–water partition coefficient (Wildman–Crippen LogP) is 2.84. The van der Waals surface area contributed by atoms with E-state index in [9.17, 15) is 4.79 Å². The molecule has 0 rings (SSSR count). The molecule has 1 N–H and O–H groups in total. The molecule has 0 saturated carbocycles. The number of carboxylic acids is 1. The fourth-order valence-electron chi connectivity index (χ4n) is 0.987. The minimum atomic E-state index is -0.682. The lowest BCUT2D eigenvalue weighted by molar-refractivity contribution is -0.141. The van der Waals surface area contributed by atoms with Crippen LogP contribution >= 0.6 is 0 Å². The molecule has 0 spiro atoms. The van der Waals surface area contributed by atoms with Crippen LogP contribution in [0.15, 0.2) is 12.2 Å². The standard InChI is InChI=1S/C10H18O2/c1-3-5-6-7-8-9(4-2)10(11)12/h6-7,9H,3-5,8H2,1-2H3,(H,11,12)/b7-6+. The van der Waals surface area contributed by atoms with Crippen molar-refractivity contribution in [3.63, 3.8) is 0 Å². The van der Waals surface area contributed by atoms with Crippen molar-refractivity contribution in [2.45, 2.75) is 39.5 Å². The van der Waals surface area contributed by atoms with Crippen LogP contribution in [0.25, 0.3) is 0 Å². The van der Waals surface area contributed by atoms with Crippen molar-refractivity contribution in [2.24, 2.45) is 5.92 Å². The van der Waals surface area contributed by atoms with Gasteiger partial charge in [-0.05, 0) is 19.3 Å². The molecule has 1 unspecified atom stereocenters. The van der Waals surface area contributed by atoms with Crippen molar-refractivity contribution in [3.05, 3.63) is 12.2 Å². The average Bonchev–Trinajstić information content (AvgIpc) is 2.04. The topological polar surface area (TPSA) is 37.3 Å². The van der Waals surface area contributed by atoms with Crippen LogP contribution in [0.1, 0.15) is 39.5 Å². The Morgan fingerprint density at radius 1 is 1.42 bits per heavy atom. The Morgan fingerprint density at radius 3 is 2.50 bits per heavy atom. The molecule has 0 aromatic carbocycles. The van der Waals surface area contributed by atoms with E-state index >= 15 is 0 Å². The monoisotopic (exact) mass is 170 g/mol. The molecule has 70 valence electrons. The Hall–Kier alpha value is -0.790. The summed E-state index contributed by atoms with van der Waals surface area (Å²) in [5.74, 6) is -0.878. The second-order valence-electron chi connectivity index (χ2n) is 2.94. The van der Waals surface area contributed by atoms with E-state index in [4.69, 9.17) is 5.11 Å². The van der Waals surface area contributed by atoms with Gasteiger partial charge in [-0.2, -0.15) is 0 Å². The van der Waals surface area contributed by atoms with E-state index < -0.39 is 5.97 Å². The summed E-state index contributed by atoms with van der Waals surface area (Å²) in [6.45, 7) is 4.02. The molecular weight excluding hydrogens is 152 g/mol. The highest BCUT2D eigenvalue weighted by Crippen LogP contribution is 2.09. The lowest BCUT2D eigenvalue weighted by Gasteiger charge is -2.04. The molecule has 1 atom stereocenters. The molecular formula is C10H18O2. The van der Waals surface area contributed by atoms with Crippen molar-refractivity contribution in [2.75, 3.05) is 0 Å². The van der Waals surface area contributed by atoms with Crippen molar-refractivity contribution >= 4 is 5.97 Å². The molecule has 2 nitrogen and oxygen atoms in total. The van der Waals surface area contributed by atoms with Crippen LogP contribution in [-0.2, 0) is 4.79 Å². The number of hydrogen-bond donors (Lipinski definition) is 1. The van der Waals surface area contributed by atoms with Crippen LogP contribution in [0.3, 0.4) is 0 Å². The maximum atomic E-state index is 10.6. The third kappa shape index (κ3) is 4.94. The average molecular weight is 170 g/mol. The van der Waals surface area contributed by atoms with E-state index in [2.05, 4.69) is 13.0 Å². The summed E-state index contributed by atoms with van der Waals surface area (Å²) in [5.41, 5.74) is 0. The van der Waals surface area contributed by atoms with Gasteiger partial charge in [0.25, 0.3) is 0 Å². The number of allylic oxidation sites excluding steroid dienone is 2. The Labute approximate surface area is 74.3 Å². The van der Waals surface area contributed by atoms with Crippen LogP contribution in [0, 0.1) is 5.92 Å². The molecule has 0 aromatic heterocycles. The van der Waals surface area contributed by atoms with Crippen LogP contribution in [0.2, 0.25) is 0 Å². The zero-order chi connectivity index (χ0) is 9.40. The third-order valence-electron chi connectivity index (χ3n) is 1.88. The van der Waals surface area contributed by atoms with Gasteiger partial charge in [0.05, 0.1) is 5.92 Å². The van der Waals surface area contributed by atoms with Crippen molar-refractivity contribution in [1.82, 2.24) is 0 Å². The van der Waals surface area contributed by atoms with Crippen molar-refractivity contribution in [3.8, 4) is 0 Å². The first-order valence-electron chi connectivity index (χ1n) is 4.60. The first-order valence-corrected chi connectivity index (χ1v) is 4.60. The molecule has 0 radical (unpaired) electrons. The fourth-order valence-corrected chi connectivity index (χ4v) is 0.987. The quantitative estimate of drug-likeness (QED) is 0.622. The lowest BCUT2D eigenvalue weighted by Crippen LogP contribution is -2.11. The Bertz CT molecular complexity index is 150. The molecule has 0 heterocycles. The van der Waals surface area contributed by atoms with E-state index in [1.807, 2.05) is 13.0 Å². The second kappa shape index (κ2) is 6.89. The zero-order valence-corrected chi connectivity index (χ0v) is 7.92. The molecule has 0 aromatic rings. The Balaban J connectivity index is 3.64. The Kier molecular flexibility index (Phi) is 6.44. The van der Waals surface area contributed by atoms with Gasteiger partial charge in [0.2, 0.25) is 0 Å². The van der Waals surface area contributed by atoms with Crippen LogP contribution in [0.5, 0.6) is 0 Å². The van der Waals surface area contributed by atoms with Crippen LogP contribution in [0.4, 0.5) is 0 Å². The van der Waals surface area contributed by atoms with Gasteiger partial charge in [0.1, 0.15) is 0 Å². The van der Waals surface area contributed by atoms with E-state index in [0.29, 0.717) is 12.8 Å². The maximum absolute atomic E-state index is 10.6. The smallest absolute Gasteiger partial charge is 0.306 e. The molecule has 12 heavy (non-hydrogen) atoms. The van der Waals surface area contributed by atoms with Gasteiger partial charge in [0.15, 0.2) is 0 Å². The second-order valence-corrected chi connectivity index (χ2v) is 2.94. The molecule has 0 aliphatic rings. The van der Waals surface area contributed by atoms with Gasteiger partial charge in [-0.25, -0.2) is 0 Å². The van der Waals surface area contributed by atoms with Gasteiger partial charge in [-0.15, -0.1) is 0 Å². The number of aliphatic carboxylic acids is 1. The fraction of sp³-hybridized carbons (Fsp3) is 0.700. The summed E-state index contributed by atoms with van der Waals surface area (Å²) in [7, 11) is 0. The van der Waals surface area contributed by atoms with E-state index in [1.165, 1.54) is 0 Å². The van der Waals surface area contributed by atoms with Gasteiger partial charge in [0, 0.05) is 0 Å². The third-order valence-corrected chi connectivity index (χ3v) is 1.88. The first kappa shape index (κ1) is 11.2. The molecule has 0 fully saturated rings. The highest BCUT2D eigenvalue weighted by Gasteiger charge is 2.11. The normalized spacial score (nSPS) is 13.5. The predicted molar refractivity (Wildman–Crippen MR) is 50.1 cm³/mol. The number of carbonyl (C=O) groups is 1. The molecule has 0 bridgehead atoms. The van der Waals surface area contributed by atoms with E-state index in [-0.39, 0.29) is 5.92 Å². The Morgan fingerprint density at radius 2 is 2.08 bits per heavy atom. The van der Waals surface area contributed by atoms with Gasteiger partial charge in [-0.3, -0.25) is 4.79 Å². The first-order chi connectivity index (χ1) is 5.72. The summed E-state index contributed by atoms with van der Waals surface area (Å²) in [6.07, 6.45) is 7.60. The zero-order valence-electron chi connectivity index (χ0n) is 7.92. The lowest BCUT2D eigenvalue weighted by atomic mass is 10.0. The molecule has 0 amide bonds. The van der Waals surface area contributed by atoms with Crippen molar-refractivity contribution in [1.29, 1.82) is 0 Å². The van der Waals surface area contributed by atoms with E-state index in [0.717, 1.165) is 12.8 Å². The number of rotatable bonds is 6. The minimum Gasteiger partial charge on any atom is -0.481 e. The van der Waals surface area contributed by atoms with E-state index in [1.54, 1.807) is 0 Å². The summed E-state index contributed by atoms with van der Waals surface area (Å²) in [6, 6.07) is 0. The minimum absolute atomic E-state index is 0.196. The van der Waals surface area contributed by atoms with Gasteiger partial charge < -0.3 is 5.11 Å². The summed E-state index contributed by atoms with van der Waals surface area (Å²) >= 11 is 0. The molecule has 0 aliphatic heterocycles. The number of unbranched alkanes of at least 4 members (excludes halogenated alkanes) is 1. The number of hydrogen-bond acceptors (Lipinski definition) is 1. The highest BCUT2D eigenvalue weighted by atomic mass is 16.4. The highest BCUT2D eigenvalue weighted by molar-refractivity contribution is 5.70. The summed E-state index contributed by atoms with van der Waals surface area (Å²) < 4.78 is 0. The van der Waals surface area contributed by atoms with Crippen LogP contribution in [-0.4, -0.2) is 11.1 Å². The number of carboxylic acid groups (broad SMARTS) is 1. The molecule has 0 saturated heterocycles. The van der Waals surface area contributed by atoms with Gasteiger partial charge >= 0.3 is 5.97 Å². The summed E-state index contributed by atoms with van der Waals surface area (Å²) in [5, 5.41) is 8.70. The van der Waals surface area contributed by atoms with Crippen molar-refractivity contribution < 1.29 is 9.90 Å². The molecule has 0 aliphatic carbocycles. The van der Waals surface area contributed by atoms with Crippen LogP contribution < -0.4 is 0 Å². The van der Waals surface area contributed by atoms with Gasteiger partial charge in [-0.1, -0.05) is 32.4 Å².